The molecule has 0 aliphatic carbocycles. The van der Waals surface area contributed by atoms with Gasteiger partial charge in [-0.05, 0) is 0 Å². The molecule has 0 heterocycles. The predicted molar refractivity (Wildman–Crippen MR) is 44.0 cm³/mol. The molecule has 0 radical (unpaired) electrons. The first-order chi connectivity index (χ1) is 6.89. The Morgan fingerprint density at radius 3 is 2.53 bits per heavy atom. The average molecular weight is 228 g/mol. The second-order valence-corrected chi connectivity index (χ2v) is 2.58. The molecule has 0 saturated carbocycles. The van der Waals surface area contributed by atoms with Crippen LogP contribution < -0.4 is 0 Å². The first-order valence-electron chi connectivity index (χ1n) is 3.97. The van der Waals surface area contributed by atoms with Crippen molar-refractivity contribution in [1.29, 1.82) is 0 Å². The molecule has 7 heteroatoms. The third kappa shape index (κ3) is 7.95. The van der Waals surface area contributed by atoms with E-state index in [1.54, 1.807) is 0 Å². The van der Waals surface area contributed by atoms with Gasteiger partial charge in [-0.15, -0.1) is 0 Å². The average Bonchev–Trinajstić information content (AvgIpc) is 2.14. The number of hydrogen-bond donors (Lipinski definition) is 1. The Bertz CT molecular complexity index is 214. The largest absolute Gasteiger partial charge is 0.454 e. The maximum atomic E-state index is 11.6. The highest BCUT2D eigenvalue weighted by atomic mass is 19.4. The lowest BCUT2D eigenvalue weighted by Gasteiger charge is -2.15. The fraction of sp³-hybridized carbons (Fsp3) is 0.625. The van der Waals surface area contributed by atoms with E-state index in [9.17, 15) is 18.0 Å². The molecule has 1 atom stereocenters. The Morgan fingerprint density at radius 1 is 1.53 bits per heavy atom. The van der Waals surface area contributed by atoms with Gasteiger partial charge in [-0.3, -0.25) is 0 Å². The number of hydrogen-bond acceptors (Lipinski definition) is 4. The lowest BCUT2D eigenvalue weighted by molar-refractivity contribution is -0.184. The van der Waals surface area contributed by atoms with Crippen LogP contribution in [0.4, 0.5) is 13.2 Å². The molecule has 0 rings (SSSR count). The smallest absolute Gasteiger partial charge is 0.411 e. The van der Waals surface area contributed by atoms with Gasteiger partial charge >= 0.3 is 12.1 Å². The molecule has 1 unspecified atom stereocenters. The summed E-state index contributed by atoms with van der Waals surface area (Å²) in [5.41, 5.74) is 0. The van der Waals surface area contributed by atoms with Crippen LogP contribution in [-0.2, 0) is 14.3 Å². The molecule has 0 aliphatic heterocycles. The van der Waals surface area contributed by atoms with E-state index in [-0.39, 0.29) is 0 Å². The SMILES string of the molecule is C=CC(=O)OC(CO)COCC(F)(F)F. The third-order valence-corrected chi connectivity index (χ3v) is 1.22. The first-order valence-corrected chi connectivity index (χ1v) is 3.97. The third-order valence-electron chi connectivity index (χ3n) is 1.22. The van der Waals surface area contributed by atoms with Crippen molar-refractivity contribution >= 4 is 5.97 Å². The van der Waals surface area contributed by atoms with Crippen LogP contribution in [0.15, 0.2) is 12.7 Å². The molecule has 15 heavy (non-hydrogen) atoms. The maximum Gasteiger partial charge on any atom is 0.411 e. The van der Waals surface area contributed by atoms with Crippen LogP contribution >= 0.6 is 0 Å². The fourth-order valence-corrected chi connectivity index (χ4v) is 0.642. The monoisotopic (exact) mass is 228 g/mol. The topological polar surface area (TPSA) is 55.8 Å². The van der Waals surface area contributed by atoms with E-state index in [0.717, 1.165) is 6.08 Å². The number of esters is 1. The second kappa shape index (κ2) is 6.41. The van der Waals surface area contributed by atoms with Gasteiger partial charge in [0.05, 0.1) is 13.2 Å². The molecule has 0 aromatic carbocycles. The number of ether oxygens (including phenoxy) is 2. The Morgan fingerprint density at radius 2 is 2.13 bits per heavy atom. The van der Waals surface area contributed by atoms with E-state index in [0.29, 0.717) is 0 Å². The van der Waals surface area contributed by atoms with Crippen LogP contribution in [-0.4, -0.2) is 43.2 Å². The summed E-state index contributed by atoms with van der Waals surface area (Å²) in [6, 6.07) is 0. The van der Waals surface area contributed by atoms with Crippen molar-refractivity contribution in [2.45, 2.75) is 12.3 Å². The van der Waals surface area contributed by atoms with Crippen LogP contribution in [0, 0.1) is 0 Å². The normalized spacial score (nSPS) is 13.3. The highest BCUT2D eigenvalue weighted by Gasteiger charge is 2.28. The molecule has 0 bridgehead atoms. The van der Waals surface area contributed by atoms with Gasteiger partial charge in [0.15, 0.2) is 0 Å². The number of alkyl halides is 3. The molecule has 0 amide bonds. The van der Waals surface area contributed by atoms with E-state index in [1.165, 1.54) is 0 Å². The quantitative estimate of drug-likeness (QED) is 0.536. The van der Waals surface area contributed by atoms with Crippen LogP contribution in [0.3, 0.4) is 0 Å². The van der Waals surface area contributed by atoms with Crippen molar-refractivity contribution in [3.05, 3.63) is 12.7 Å². The Hall–Kier alpha value is -1.08. The van der Waals surface area contributed by atoms with Crippen LogP contribution in [0.2, 0.25) is 0 Å². The number of aliphatic hydroxyl groups is 1. The Balaban J connectivity index is 3.80. The van der Waals surface area contributed by atoms with Crippen molar-refractivity contribution < 1.29 is 32.5 Å². The van der Waals surface area contributed by atoms with Crippen molar-refractivity contribution in [2.75, 3.05) is 19.8 Å². The van der Waals surface area contributed by atoms with Crippen molar-refractivity contribution in [1.82, 2.24) is 0 Å². The predicted octanol–water partition coefficient (Wildman–Crippen LogP) is 0.655. The van der Waals surface area contributed by atoms with E-state index in [4.69, 9.17) is 5.11 Å². The molecule has 0 aromatic heterocycles. The van der Waals surface area contributed by atoms with Gasteiger partial charge < -0.3 is 14.6 Å². The molecular formula is C8H11F3O4. The molecule has 1 N–H and O–H groups in total. The maximum absolute atomic E-state index is 11.6. The minimum Gasteiger partial charge on any atom is -0.454 e. The number of carbonyl (C=O) groups is 1. The van der Waals surface area contributed by atoms with Crippen molar-refractivity contribution in [2.24, 2.45) is 0 Å². The Kier molecular flexibility index (Phi) is 5.95. The van der Waals surface area contributed by atoms with E-state index < -0.39 is 38.1 Å². The molecule has 0 fully saturated rings. The Labute approximate surface area is 84.3 Å². The van der Waals surface area contributed by atoms with E-state index >= 15 is 0 Å². The van der Waals surface area contributed by atoms with Gasteiger partial charge in [0.1, 0.15) is 12.7 Å². The summed E-state index contributed by atoms with van der Waals surface area (Å²) in [6.07, 6.45) is -4.72. The molecule has 88 valence electrons. The zero-order chi connectivity index (χ0) is 11.9. The molecule has 0 aliphatic rings. The van der Waals surface area contributed by atoms with E-state index in [1.807, 2.05) is 0 Å². The van der Waals surface area contributed by atoms with Gasteiger partial charge in [-0.25, -0.2) is 4.79 Å². The van der Waals surface area contributed by atoms with Gasteiger partial charge in [0.25, 0.3) is 0 Å². The van der Waals surface area contributed by atoms with Crippen LogP contribution in [0.5, 0.6) is 0 Å². The highest BCUT2D eigenvalue weighted by molar-refractivity contribution is 5.81. The molecule has 0 saturated heterocycles. The second-order valence-electron chi connectivity index (χ2n) is 2.58. The summed E-state index contributed by atoms with van der Waals surface area (Å²) in [4.78, 5) is 10.6. The lowest BCUT2D eigenvalue weighted by Crippen LogP contribution is -2.29. The summed E-state index contributed by atoms with van der Waals surface area (Å²) in [5.74, 6) is -0.829. The summed E-state index contributed by atoms with van der Waals surface area (Å²) in [6.45, 7) is 0.509. The van der Waals surface area contributed by atoms with Crippen LogP contribution in [0.25, 0.3) is 0 Å². The minimum atomic E-state index is -4.44. The van der Waals surface area contributed by atoms with Gasteiger partial charge in [-0.2, -0.15) is 13.2 Å². The van der Waals surface area contributed by atoms with Gasteiger partial charge in [0.2, 0.25) is 0 Å². The zero-order valence-corrected chi connectivity index (χ0v) is 7.79. The highest BCUT2D eigenvalue weighted by Crippen LogP contribution is 2.14. The molecule has 0 spiro atoms. The number of rotatable bonds is 6. The fourth-order valence-electron chi connectivity index (χ4n) is 0.642. The van der Waals surface area contributed by atoms with Gasteiger partial charge in [0, 0.05) is 6.08 Å². The summed E-state index contributed by atoms with van der Waals surface area (Å²) in [5, 5.41) is 8.63. The first kappa shape index (κ1) is 13.9. The summed E-state index contributed by atoms with van der Waals surface area (Å²) >= 11 is 0. The molecule has 0 aromatic rings. The van der Waals surface area contributed by atoms with Gasteiger partial charge in [-0.1, -0.05) is 6.58 Å². The number of carbonyl (C=O) groups excluding carboxylic acids is 1. The summed E-state index contributed by atoms with van der Waals surface area (Å²) in [7, 11) is 0. The number of aliphatic hydroxyl groups excluding tert-OH is 1. The van der Waals surface area contributed by atoms with Crippen LogP contribution in [0.1, 0.15) is 0 Å². The zero-order valence-electron chi connectivity index (χ0n) is 7.79. The number of halogens is 3. The minimum absolute atomic E-state index is 0.518. The summed E-state index contributed by atoms with van der Waals surface area (Å²) < 4.78 is 43.5. The van der Waals surface area contributed by atoms with Crippen molar-refractivity contribution in [3.63, 3.8) is 0 Å². The van der Waals surface area contributed by atoms with Crippen molar-refractivity contribution in [3.8, 4) is 0 Å². The molecule has 4 nitrogen and oxygen atoms in total. The van der Waals surface area contributed by atoms with E-state index in [2.05, 4.69) is 16.1 Å². The standard InChI is InChI=1S/C8H11F3O4/c1-2-7(13)15-6(3-12)4-14-5-8(9,10)11/h2,6,12H,1,3-5H2. The lowest BCUT2D eigenvalue weighted by atomic mass is 10.4. The molecular weight excluding hydrogens is 217 g/mol.